The second-order valence-electron chi connectivity index (χ2n) is 5.62. The third-order valence-corrected chi connectivity index (χ3v) is 5.36. The standard InChI is InChI=1S/C18H18N2O2S2/c1-11(2)22-18(21)12(3)24-17-15-14(13-7-5-4-6-8-13)9-23-16(15)19-10-20-17/h4-12H,1-3H3. The first-order valence-corrected chi connectivity index (χ1v) is 9.47. The summed E-state index contributed by atoms with van der Waals surface area (Å²) >= 11 is 3.01. The highest BCUT2D eigenvalue weighted by Gasteiger charge is 2.21. The van der Waals surface area contributed by atoms with Crippen LogP contribution in [0.2, 0.25) is 0 Å². The Morgan fingerprint density at radius 1 is 1.17 bits per heavy atom. The molecule has 0 aliphatic rings. The Morgan fingerprint density at radius 3 is 2.62 bits per heavy atom. The molecule has 0 saturated heterocycles. The summed E-state index contributed by atoms with van der Waals surface area (Å²) in [4.78, 5) is 21.8. The first-order chi connectivity index (χ1) is 11.6. The van der Waals surface area contributed by atoms with Crippen molar-refractivity contribution in [2.45, 2.75) is 37.2 Å². The van der Waals surface area contributed by atoms with Crippen molar-refractivity contribution in [2.75, 3.05) is 0 Å². The van der Waals surface area contributed by atoms with Gasteiger partial charge in [0.2, 0.25) is 0 Å². The molecule has 6 heteroatoms. The minimum absolute atomic E-state index is 0.119. The zero-order valence-corrected chi connectivity index (χ0v) is 15.4. The van der Waals surface area contributed by atoms with Crippen LogP contribution in [0, 0.1) is 0 Å². The fourth-order valence-electron chi connectivity index (χ4n) is 2.31. The molecule has 0 bridgehead atoms. The van der Waals surface area contributed by atoms with Gasteiger partial charge in [-0.05, 0) is 26.3 Å². The fraction of sp³-hybridized carbons (Fsp3) is 0.278. The van der Waals surface area contributed by atoms with Gasteiger partial charge in [0.05, 0.1) is 11.5 Å². The van der Waals surface area contributed by atoms with Gasteiger partial charge < -0.3 is 4.74 Å². The molecule has 1 unspecified atom stereocenters. The van der Waals surface area contributed by atoms with E-state index in [4.69, 9.17) is 4.74 Å². The van der Waals surface area contributed by atoms with Crippen molar-refractivity contribution < 1.29 is 9.53 Å². The molecule has 3 rings (SSSR count). The Hall–Kier alpha value is -1.92. The molecule has 0 amide bonds. The highest BCUT2D eigenvalue weighted by molar-refractivity contribution is 8.00. The van der Waals surface area contributed by atoms with E-state index in [1.54, 1.807) is 17.7 Å². The normalized spacial score (nSPS) is 12.5. The number of thioether (sulfide) groups is 1. The summed E-state index contributed by atoms with van der Waals surface area (Å²) in [5.41, 5.74) is 2.22. The zero-order valence-electron chi connectivity index (χ0n) is 13.7. The van der Waals surface area contributed by atoms with Crippen LogP contribution in [0.15, 0.2) is 47.1 Å². The lowest BCUT2D eigenvalue weighted by molar-refractivity contribution is -0.146. The van der Waals surface area contributed by atoms with E-state index in [0.717, 1.165) is 26.4 Å². The number of benzene rings is 1. The Labute approximate surface area is 149 Å². The highest BCUT2D eigenvalue weighted by Crippen LogP contribution is 2.38. The maximum absolute atomic E-state index is 12.1. The van der Waals surface area contributed by atoms with Gasteiger partial charge in [0.15, 0.2) is 0 Å². The highest BCUT2D eigenvalue weighted by atomic mass is 32.2. The zero-order chi connectivity index (χ0) is 17.1. The van der Waals surface area contributed by atoms with E-state index < -0.39 is 0 Å². The molecule has 0 aliphatic carbocycles. The van der Waals surface area contributed by atoms with Gasteiger partial charge in [0.1, 0.15) is 21.4 Å². The molecule has 0 aliphatic heterocycles. The molecule has 2 aromatic heterocycles. The molecule has 0 spiro atoms. The van der Waals surface area contributed by atoms with Gasteiger partial charge >= 0.3 is 5.97 Å². The molecular formula is C18H18N2O2S2. The van der Waals surface area contributed by atoms with Gasteiger partial charge in [-0.3, -0.25) is 4.79 Å². The van der Waals surface area contributed by atoms with E-state index in [2.05, 4.69) is 27.5 Å². The molecule has 1 aromatic carbocycles. The predicted octanol–water partition coefficient (Wildman–Crippen LogP) is 4.79. The molecule has 0 fully saturated rings. The topological polar surface area (TPSA) is 52.1 Å². The van der Waals surface area contributed by atoms with Crippen molar-refractivity contribution in [1.82, 2.24) is 9.97 Å². The van der Waals surface area contributed by atoms with Crippen LogP contribution in [0.3, 0.4) is 0 Å². The summed E-state index contributed by atoms with van der Waals surface area (Å²) in [5, 5.41) is 3.58. The first kappa shape index (κ1) is 16.9. The summed E-state index contributed by atoms with van der Waals surface area (Å²) in [5.74, 6) is -0.224. The van der Waals surface area contributed by atoms with Crippen molar-refractivity contribution in [2.24, 2.45) is 0 Å². The first-order valence-electron chi connectivity index (χ1n) is 7.71. The van der Waals surface area contributed by atoms with E-state index in [-0.39, 0.29) is 17.3 Å². The quantitative estimate of drug-likeness (QED) is 0.373. The smallest absolute Gasteiger partial charge is 0.319 e. The lowest BCUT2D eigenvalue weighted by Gasteiger charge is -2.13. The number of esters is 1. The van der Waals surface area contributed by atoms with Crippen molar-refractivity contribution >= 4 is 39.3 Å². The third-order valence-electron chi connectivity index (χ3n) is 3.39. The molecule has 2 heterocycles. The molecule has 24 heavy (non-hydrogen) atoms. The Balaban J connectivity index is 1.97. The molecule has 0 N–H and O–H groups in total. The van der Waals surface area contributed by atoms with Gasteiger partial charge in [-0.25, -0.2) is 9.97 Å². The average Bonchev–Trinajstić information content (AvgIpc) is 3.00. The van der Waals surface area contributed by atoms with Crippen molar-refractivity contribution in [3.8, 4) is 11.1 Å². The van der Waals surface area contributed by atoms with Crippen LogP contribution in [-0.4, -0.2) is 27.3 Å². The van der Waals surface area contributed by atoms with Gasteiger partial charge in [0.25, 0.3) is 0 Å². The van der Waals surface area contributed by atoms with Crippen LogP contribution in [-0.2, 0) is 9.53 Å². The Bertz CT molecular complexity index is 847. The molecule has 124 valence electrons. The number of carbonyl (C=O) groups is 1. The van der Waals surface area contributed by atoms with Crippen molar-refractivity contribution in [3.63, 3.8) is 0 Å². The maximum Gasteiger partial charge on any atom is 0.319 e. The Morgan fingerprint density at radius 2 is 1.92 bits per heavy atom. The van der Waals surface area contributed by atoms with E-state index in [0.29, 0.717) is 0 Å². The summed E-state index contributed by atoms with van der Waals surface area (Å²) in [7, 11) is 0. The van der Waals surface area contributed by atoms with Crippen molar-refractivity contribution in [1.29, 1.82) is 0 Å². The SMILES string of the molecule is CC(C)OC(=O)C(C)Sc1ncnc2scc(-c3ccccc3)c12. The number of hydrogen-bond acceptors (Lipinski definition) is 6. The van der Waals surface area contributed by atoms with Crippen LogP contribution in [0.1, 0.15) is 20.8 Å². The number of aromatic nitrogens is 2. The maximum atomic E-state index is 12.1. The summed E-state index contributed by atoms with van der Waals surface area (Å²) < 4.78 is 5.29. The van der Waals surface area contributed by atoms with Crippen LogP contribution in [0.4, 0.5) is 0 Å². The molecule has 4 nitrogen and oxygen atoms in total. The fourth-order valence-corrected chi connectivity index (χ4v) is 4.21. The number of thiophene rings is 1. The van der Waals surface area contributed by atoms with Gasteiger partial charge in [-0.2, -0.15) is 0 Å². The second kappa shape index (κ2) is 7.32. The third kappa shape index (κ3) is 3.60. The predicted molar refractivity (Wildman–Crippen MR) is 99.4 cm³/mol. The number of ether oxygens (including phenoxy) is 1. The molecule has 1 atom stereocenters. The number of nitrogens with zero attached hydrogens (tertiary/aromatic N) is 2. The van der Waals surface area contributed by atoms with Gasteiger partial charge in [-0.1, -0.05) is 42.1 Å². The summed E-state index contributed by atoms with van der Waals surface area (Å²) in [6.07, 6.45) is 1.43. The molecule has 0 radical (unpaired) electrons. The number of carbonyl (C=O) groups excluding carboxylic acids is 1. The van der Waals surface area contributed by atoms with E-state index in [9.17, 15) is 4.79 Å². The number of hydrogen-bond donors (Lipinski definition) is 0. The monoisotopic (exact) mass is 358 g/mol. The van der Waals surface area contributed by atoms with Crippen LogP contribution in [0.25, 0.3) is 21.3 Å². The Kier molecular flexibility index (Phi) is 5.16. The van der Waals surface area contributed by atoms with E-state index in [1.165, 1.54) is 11.8 Å². The molecule has 3 aromatic rings. The average molecular weight is 358 g/mol. The van der Waals surface area contributed by atoms with E-state index in [1.807, 2.05) is 39.0 Å². The van der Waals surface area contributed by atoms with Crippen molar-refractivity contribution in [3.05, 3.63) is 42.0 Å². The second-order valence-corrected chi connectivity index (χ2v) is 7.81. The minimum Gasteiger partial charge on any atom is -0.462 e. The lowest BCUT2D eigenvalue weighted by Crippen LogP contribution is -2.20. The van der Waals surface area contributed by atoms with Gasteiger partial charge in [0, 0.05) is 10.9 Å². The number of rotatable bonds is 5. The molecule has 0 saturated carbocycles. The van der Waals surface area contributed by atoms with Gasteiger partial charge in [-0.15, -0.1) is 11.3 Å². The minimum atomic E-state index is -0.325. The summed E-state index contributed by atoms with van der Waals surface area (Å²) in [6, 6.07) is 10.2. The summed E-state index contributed by atoms with van der Waals surface area (Å²) in [6.45, 7) is 5.55. The molecular weight excluding hydrogens is 340 g/mol. The van der Waals surface area contributed by atoms with E-state index >= 15 is 0 Å². The lowest BCUT2D eigenvalue weighted by atomic mass is 10.1. The number of fused-ring (bicyclic) bond motifs is 1. The van der Waals surface area contributed by atoms with Crippen LogP contribution in [0.5, 0.6) is 0 Å². The van der Waals surface area contributed by atoms with Crippen LogP contribution < -0.4 is 0 Å². The van der Waals surface area contributed by atoms with Crippen LogP contribution >= 0.6 is 23.1 Å². The largest absolute Gasteiger partial charge is 0.462 e.